The molecule has 0 bridgehead atoms. The Balaban J connectivity index is 0.000000605. The maximum atomic E-state index is 5.53. The van der Waals surface area contributed by atoms with E-state index in [-0.39, 0.29) is 24.8 Å². The van der Waals surface area contributed by atoms with E-state index in [1.807, 2.05) is 28.9 Å². The minimum Gasteiger partial charge on any atom is -0.398 e. The van der Waals surface area contributed by atoms with Gasteiger partial charge in [0.15, 0.2) is 0 Å². The van der Waals surface area contributed by atoms with Gasteiger partial charge in [-0.05, 0) is 12.1 Å². The molecule has 0 aliphatic heterocycles. The van der Waals surface area contributed by atoms with Gasteiger partial charge in [-0.3, -0.25) is 0 Å². The molecule has 0 spiro atoms. The molecule has 0 amide bonds. The Bertz CT molecular complexity index is 358. The van der Waals surface area contributed by atoms with Crippen molar-refractivity contribution in [2.45, 2.75) is 0 Å². The molecule has 0 saturated carbocycles. The number of rotatable bonds is 0. The van der Waals surface area contributed by atoms with Gasteiger partial charge in [-0.25, -0.2) is 4.98 Å². The first-order chi connectivity index (χ1) is 4.86. The lowest BCUT2D eigenvalue weighted by atomic mass is 10.4. The molecule has 2 aromatic heterocycles. The summed E-state index contributed by atoms with van der Waals surface area (Å²) in [5.74, 6) is 0. The second-order valence-corrected chi connectivity index (χ2v) is 2.16. The quantitative estimate of drug-likeness (QED) is 0.713. The Morgan fingerprint density at radius 1 is 1.25 bits per heavy atom. The molecule has 2 heterocycles. The summed E-state index contributed by atoms with van der Waals surface area (Å²) in [5, 5.41) is 0. The number of nitrogens with two attached hydrogens (primary N) is 1. The van der Waals surface area contributed by atoms with Gasteiger partial charge in [-0.2, -0.15) is 0 Å². The number of aromatic nitrogens is 2. The van der Waals surface area contributed by atoms with E-state index in [0.29, 0.717) is 0 Å². The van der Waals surface area contributed by atoms with Gasteiger partial charge in [0.05, 0.1) is 0 Å². The predicted octanol–water partition coefficient (Wildman–Crippen LogP) is 1.76. The summed E-state index contributed by atoms with van der Waals surface area (Å²) in [5.41, 5.74) is 7.21. The number of hydrogen-bond donors (Lipinski definition) is 1. The third-order valence-electron chi connectivity index (χ3n) is 1.41. The molecule has 0 fully saturated rings. The van der Waals surface area contributed by atoms with Crippen LogP contribution in [0.2, 0.25) is 0 Å². The summed E-state index contributed by atoms with van der Waals surface area (Å²) in [6.45, 7) is 0. The van der Waals surface area contributed by atoms with Crippen LogP contribution in [0.4, 0.5) is 5.69 Å². The SMILES string of the molecule is Cl.Cl.Nc1ccc2nccn2c1. The van der Waals surface area contributed by atoms with Crippen LogP contribution in [-0.4, -0.2) is 9.38 Å². The Labute approximate surface area is 82.4 Å². The van der Waals surface area contributed by atoms with Crippen LogP contribution in [0.25, 0.3) is 5.65 Å². The minimum atomic E-state index is 0. The zero-order valence-corrected chi connectivity index (χ0v) is 7.81. The molecular formula is C7H9Cl2N3. The van der Waals surface area contributed by atoms with E-state index < -0.39 is 0 Å². The van der Waals surface area contributed by atoms with Gasteiger partial charge in [-0.1, -0.05) is 0 Å². The highest BCUT2D eigenvalue weighted by Crippen LogP contribution is 2.04. The van der Waals surface area contributed by atoms with Crippen molar-refractivity contribution in [1.82, 2.24) is 9.38 Å². The Morgan fingerprint density at radius 2 is 2.00 bits per heavy atom. The lowest BCUT2D eigenvalue weighted by molar-refractivity contribution is 1.19. The second kappa shape index (κ2) is 4.18. The van der Waals surface area contributed by atoms with Gasteiger partial charge in [-0.15, -0.1) is 24.8 Å². The molecule has 0 aliphatic rings. The van der Waals surface area contributed by atoms with E-state index in [1.54, 1.807) is 6.20 Å². The van der Waals surface area contributed by atoms with Crippen molar-refractivity contribution >= 4 is 36.1 Å². The summed E-state index contributed by atoms with van der Waals surface area (Å²) >= 11 is 0. The standard InChI is InChI=1S/C7H7N3.2ClH/c8-6-1-2-7-9-3-4-10(7)5-6;;/h1-5H,8H2;2*1H. The van der Waals surface area contributed by atoms with Crippen molar-refractivity contribution in [2.75, 3.05) is 5.73 Å². The number of pyridine rings is 1. The van der Waals surface area contributed by atoms with Crippen molar-refractivity contribution < 1.29 is 0 Å². The van der Waals surface area contributed by atoms with Crippen LogP contribution in [0.15, 0.2) is 30.7 Å². The monoisotopic (exact) mass is 205 g/mol. The zero-order chi connectivity index (χ0) is 6.97. The maximum Gasteiger partial charge on any atom is 0.136 e. The van der Waals surface area contributed by atoms with E-state index in [1.165, 1.54) is 0 Å². The molecule has 2 rings (SSSR count). The predicted molar refractivity (Wildman–Crippen MR) is 54.1 cm³/mol. The van der Waals surface area contributed by atoms with Crippen LogP contribution < -0.4 is 5.73 Å². The highest BCUT2D eigenvalue weighted by atomic mass is 35.5. The first-order valence-corrected chi connectivity index (χ1v) is 3.04. The number of imidazole rings is 1. The van der Waals surface area contributed by atoms with Gasteiger partial charge >= 0.3 is 0 Å². The largest absolute Gasteiger partial charge is 0.398 e. The fourth-order valence-electron chi connectivity index (χ4n) is 0.937. The van der Waals surface area contributed by atoms with Crippen molar-refractivity contribution in [1.29, 1.82) is 0 Å². The van der Waals surface area contributed by atoms with E-state index in [2.05, 4.69) is 4.98 Å². The molecule has 5 heteroatoms. The van der Waals surface area contributed by atoms with Gasteiger partial charge < -0.3 is 10.1 Å². The van der Waals surface area contributed by atoms with Crippen LogP contribution in [0, 0.1) is 0 Å². The van der Waals surface area contributed by atoms with Crippen LogP contribution in [0.5, 0.6) is 0 Å². The third kappa shape index (κ3) is 1.81. The summed E-state index contributed by atoms with van der Waals surface area (Å²) in [6, 6.07) is 3.72. The number of nitrogen functional groups attached to an aromatic ring is 1. The van der Waals surface area contributed by atoms with Gasteiger partial charge in [0.1, 0.15) is 5.65 Å². The minimum absolute atomic E-state index is 0. The first-order valence-electron chi connectivity index (χ1n) is 3.04. The van der Waals surface area contributed by atoms with Crippen LogP contribution in [0.3, 0.4) is 0 Å². The molecule has 0 aliphatic carbocycles. The fourth-order valence-corrected chi connectivity index (χ4v) is 0.937. The van der Waals surface area contributed by atoms with Crippen LogP contribution in [-0.2, 0) is 0 Å². The summed E-state index contributed by atoms with van der Waals surface area (Å²) in [4.78, 5) is 4.07. The topological polar surface area (TPSA) is 43.3 Å². The van der Waals surface area contributed by atoms with Crippen LogP contribution in [0.1, 0.15) is 0 Å². The van der Waals surface area contributed by atoms with E-state index in [4.69, 9.17) is 5.73 Å². The highest BCUT2D eigenvalue weighted by Gasteiger charge is 1.90. The van der Waals surface area contributed by atoms with Crippen molar-refractivity contribution in [2.24, 2.45) is 0 Å². The lowest BCUT2D eigenvalue weighted by Gasteiger charge is -1.93. The van der Waals surface area contributed by atoms with E-state index in [9.17, 15) is 0 Å². The first kappa shape index (κ1) is 11.1. The second-order valence-electron chi connectivity index (χ2n) is 2.16. The van der Waals surface area contributed by atoms with Gasteiger partial charge in [0.2, 0.25) is 0 Å². The van der Waals surface area contributed by atoms with Crippen molar-refractivity contribution in [3.8, 4) is 0 Å². The Morgan fingerprint density at radius 3 is 2.75 bits per heavy atom. The Hall–Kier alpha value is -0.930. The highest BCUT2D eigenvalue weighted by molar-refractivity contribution is 5.85. The molecule has 0 unspecified atom stereocenters. The van der Waals surface area contributed by atoms with Crippen molar-refractivity contribution in [3.05, 3.63) is 30.7 Å². The number of hydrogen-bond acceptors (Lipinski definition) is 2. The third-order valence-corrected chi connectivity index (χ3v) is 1.41. The Kier molecular flexibility index (Phi) is 3.86. The normalized spacial score (nSPS) is 8.67. The van der Waals surface area contributed by atoms with Crippen LogP contribution >= 0.6 is 24.8 Å². The summed E-state index contributed by atoms with van der Waals surface area (Å²) < 4.78 is 1.88. The summed E-state index contributed by atoms with van der Waals surface area (Å²) in [6.07, 6.45) is 5.45. The zero-order valence-electron chi connectivity index (χ0n) is 6.18. The lowest BCUT2D eigenvalue weighted by Crippen LogP contribution is -1.88. The number of anilines is 1. The smallest absolute Gasteiger partial charge is 0.136 e. The number of nitrogens with zero attached hydrogens (tertiary/aromatic N) is 2. The van der Waals surface area contributed by atoms with Gasteiger partial charge in [0.25, 0.3) is 0 Å². The number of fused-ring (bicyclic) bond motifs is 1. The fraction of sp³-hybridized carbons (Fsp3) is 0. The average Bonchev–Trinajstić information content (AvgIpc) is 2.33. The molecule has 0 saturated heterocycles. The van der Waals surface area contributed by atoms with E-state index in [0.717, 1.165) is 11.3 Å². The average molecular weight is 206 g/mol. The summed E-state index contributed by atoms with van der Waals surface area (Å²) in [7, 11) is 0. The molecule has 3 nitrogen and oxygen atoms in total. The number of halogens is 2. The molecule has 2 aromatic rings. The van der Waals surface area contributed by atoms with Crippen molar-refractivity contribution in [3.63, 3.8) is 0 Å². The molecule has 12 heavy (non-hydrogen) atoms. The van der Waals surface area contributed by atoms with E-state index >= 15 is 0 Å². The maximum absolute atomic E-state index is 5.53. The molecule has 0 radical (unpaired) electrons. The molecule has 0 aromatic carbocycles. The molecular weight excluding hydrogens is 197 g/mol. The molecule has 2 N–H and O–H groups in total. The molecule has 66 valence electrons. The van der Waals surface area contributed by atoms with Gasteiger partial charge in [0, 0.05) is 24.3 Å². The molecule has 0 atom stereocenters.